The first-order valence-electron chi connectivity index (χ1n) is 6.31. The van der Waals surface area contributed by atoms with Crippen LogP contribution in [0.15, 0.2) is 48.5 Å². The lowest BCUT2D eigenvalue weighted by Gasteiger charge is -2.10. The van der Waals surface area contributed by atoms with Gasteiger partial charge >= 0.3 is 0 Å². The highest BCUT2D eigenvalue weighted by Gasteiger charge is 1.98. The molecule has 0 aliphatic carbocycles. The van der Waals surface area contributed by atoms with Crippen molar-refractivity contribution in [3.8, 4) is 5.75 Å². The van der Waals surface area contributed by atoms with Gasteiger partial charge in [-0.3, -0.25) is 0 Å². The molecular formula is C16H19NO. The van der Waals surface area contributed by atoms with E-state index in [0.29, 0.717) is 6.61 Å². The molecule has 2 aromatic carbocycles. The Morgan fingerprint density at radius 3 is 2.67 bits per heavy atom. The van der Waals surface area contributed by atoms with Gasteiger partial charge in [-0.25, -0.2) is 0 Å². The SMILES string of the molecule is CCOc1cccc(CNc2ccccc2C)c1. The molecule has 2 rings (SSSR count). The first-order valence-corrected chi connectivity index (χ1v) is 6.31. The van der Waals surface area contributed by atoms with Crippen LogP contribution in [0.3, 0.4) is 0 Å². The minimum absolute atomic E-state index is 0.703. The summed E-state index contributed by atoms with van der Waals surface area (Å²) in [5.41, 5.74) is 3.67. The van der Waals surface area contributed by atoms with Gasteiger partial charge in [-0.15, -0.1) is 0 Å². The molecule has 2 heteroatoms. The van der Waals surface area contributed by atoms with E-state index < -0.39 is 0 Å². The van der Waals surface area contributed by atoms with Gasteiger partial charge in [0.25, 0.3) is 0 Å². The maximum absolute atomic E-state index is 5.49. The fourth-order valence-corrected chi connectivity index (χ4v) is 1.88. The first kappa shape index (κ1) is 12.5. The van der Waals surface area contributed by atoms with Crippen molar-refractivity contribution < 1.29 is 4.74 Å². The van der Waals surface area contributed by atoms with Crippen LogP contribution in [0.5, 0.6) is 5.75 Å². The van der Waals surface area contributed by atoms with Crippen LogP contribution >= 0.6 is 0 Å². The molecule has 2 aromatic rings. The fourth-order valence-electron chi connectivity index (χ4n) is 1.88. The molecule has 0 amide bonds. The Bertz CT molecular complexity index is 508. The number of benzene rings is 2. The van der Waals surface area contributed by atoms with Gasteiger partial charge in [-0.05, 0) is 43.2 Å². The van der Waals surface area contributed by atoms with Crippen LogP contribution in [0, 0.1) is 6.92 Å². The third-order valence-electron chi connectivity index (χ3n) is 2.84. The summed E-state index contributed by atoms with van der Waals surface area (Å²) in [7, 11) is 0. The van der Waals surface area contributed by atoms with E-state index >= 15 is 0 Å². The smallest absolute Gasteiger partial charge is 0.119 e. The van der Waals surface area contributed by atoms with E-state index in [1.807, 2.05) is 25.1 Å². The van der Waals surface area contributed by atoms with E-state index in [0.717, 1.165) is 12.3 Å². The van der Waals surface area contributed by atoms with E-state index in [-0.39, 0.29) is 0 Å². The topological polar surface area (TPSA) is 21.3 Å². The van der Waals surface area contributed by atoms with Crippen molar-refractivity contribution >= 4 is 5.69 Å². The van der Waals surface area contributed by atoms with E-state index in [4.69, 9.17) is 4.74 Å². The number of para-hydroxylation sites is 1. The average Bonchev–Trinajstić information content (AvgIpc) is 2.39. The second-order valence-electron chi connectivity index (χ2n) is 4.25. The van der Waals surface area contributed by atoms with E-state index in [2.05, 4.69) is 42.6 Å². The van der Waals surface area contributed by atoms with Gasteiger partial charge in [0.2, 0.25) is 0 Å². The Labute approximate surface area is 109 Å². The molecule has 0 unspecified atom stereocenters. The predicted molar refractivity (Wildman–Crippen MR) is 76.1 cm³/mol. The summed E-state index contributed by atoms with van der Waals surface area (Å²) < 4.78 is 5.49. The lowest BCUT2D eigenvalue weighted by Crippen LogP contribution is -2.01. The lowest BCUT2D eigenvalue weighted by atomic mass is 10.1. The third-order valence-corrected chi connectivity index (χ3v) is 2.84. The third kappa shape index (κ3) is 3.27. The van der Waals surface area contributed by atoms with Gasteiger partial charge in [0, 0.05) is 12.2 Å². The number of anilines is 1. The van der Waals surface area contributed by atoms with Crippen LogP contribution in [-0.4, -0.2) is 6.61 Å². The van der Waals surface area contributed by atoms with Crippen LogP contribution in [0.1, 0.15) is 18.1 Å². The lowest BCUT2D eigenvalue weighted by molar-refractivity contribution is 0.340. The van der Waals surface area contributed by atoms with Gasteiger partial charge in [0.05, 0.1) is 6.61 Å². The van der Waals surface area contributed by atoms with Crippen molar-refractivity contribution in [3.05, 3.63) is 59.7 Å². The van der Waals surface area contributed by atoms with Gasteiger partial charge in [0.1, 0.15) is 5.75 Å². The number of nitrogens with one attached hydrogen (secondary N) is 1. The number of hydrogen-bond acceptors (Lipinski definition) is 2. The fraction of sp³-hybridized carbons (Fsp3) is 0.250. The Morgan fingerprint density at radius 1 is 1.06 bits per heavy atom. The molecule has 94 valence electrons. The summed E-state index contributed by atoms with van der Waals surface area (Å²) in [4.78, 5) is 0. The van der Waals surface area contributed by atoms with Crippen LogP contribution in [0.2, 0.25) is 0 Å². The van der Waals surface area contributed by atoms with E-state index in [1.54, 1.807) is 0 Å². The van der Waals surface area contributed by atoms with E-state index in [9.17, 15) is 0 Å². The summed E-state index contributed by atoms with van der Waals surface area (Å²) in [6.07, 6.45) is 0. The number of ether oxygens (including phenoxy) is 1. The molecule has 18 heavy (non-hydrogen) atoms. The Balaban J connectivity index is 2.02. The monoisotopic (exact) mass is 241 g/mol. The predicted octanol–water partition coefficient (Wildman–Crippen LogP) is 4.01. The first-order chi connectivity index (χ1) is 8.79. The number of hydrogen-bond donors (Lipinski definition) is 1. The molecule has 0 aromatic heterocycles. The minimum Gasteiger partial charge on any atom is -0.494 e. The largest absolute Gasteiger partial charge is 0.494 e. The second kappa shape index (κ2) is 6.10. The maximum Gasteiger partial charge on any atom is 0.119 e. The average molecular weight is 241 g/mol. The molecular weight excluding hydrogens is 222 g/mol. The Kier molecular flexibility index (Phi) is 4.24. The minimum atomic E-state index is 0.703. The molecule has 0 saturated heterocycles. The zero-order chi connectivity index (χ0) is 12.8. The molecule has 0 aliphatic rings. The molecule has 0 heterocycles. The molecule has 0 spiro atoms. The van der Waals surface area contributed by atoms with Gasteiger partial charge < -0.3 is 10.1 Å². The van der Waals surface area contributed by atoms with Gasteiger partial charge in [-0.1, -0.05) is 30.3 Å². The highest BCUT2D eigenvalue weighted by atomic mass is 16.5. The van der Waals surface area contributed by atoms with Crippen LogP contribution < -0.4 is 10.1 Å². The van der Waals surface area contributed by atoms with Crippen LogP contribution in [0.25, 0.3) is 0 Å². The standard InChI is InChI=1S/C16H19NO/c1-3-18-15-9-6-8-14(11-15)12-17-16-10-5-4-7-13(16)2/h4-11,17H,3,12H2,1-2H3. The summed E-state index contributed by atoms with van der Waals surface area (Å²) in [6, 6.07) is 16.5. The number of rotatable bonds is 5. The van der Waals surface area contributed by atoms with Crippen molar-refractivity contribution in [3.63, 3.8) is 0 Å². The van der Waals surface area contributed by atoms with E-state index in [1.165, 1.54) is 16.8 Å². The molecule has 0 fully saturated rings. The molecule has 2 nitrogen and oxygen atoms in total. The highest BCUT2D eigenvalue weighted by Crippen LogP contribution is 2.17. The zero-order valence-corrected chi connectivity index (χ0v) is 10.9. The Hall–Kier alpha value is -1.96. The maximum atomic E-state index is 5.49. The Morgan fingerprint density at radius 2 is 1.89 bits per heavy atom. The van der Waals surface area contributed by atoms with Crippen LogP contribution in [0.4, 0.5) is 5.69 Å². The second-order valence-corrected chi connectivity index (χ2v) is 4.25. The molecule has 0 bridgehead atoms. The normalized spacial score (nSPS) is 10.1. The number of aryl methyl sites for hydroxylation is 1. The quantitative estimate of drug-likeness (QED) is 0.854. The molecule has 1 N–H and O–H groups in total. The summed E-state index contributed by atoms with van der Waals surface area (Å²) in [5.74, 6) is 0.932. The molecule has 0 aliphatic heterocycles. The summed E-state index contributed by atoms with van der Waals surface area (Å²) >= 11 is 0. The van der Waals surface area contributed by atoms with Crippen molar-refractivity contribution in [2.75, 3.05) is 11.9 Å². The van der Waals surface area contributed by atoms with Crippen molar-refractivity contribution in [1.29, 1.82) is 0 Å². The summed E-state index contributed by atoms with van der Waals surface area (Å²) in [6.45, 7) is 5.62. The summed E-state index contributed by atoms with van der Waals surface area (Å²) in [5, 5.41) is 3.44. The molecule has 0 atom stereocenters. The van der Waals surface area contributed by atoms with Crippen LogP contribution in [-0.2, 0) is 6.54 Å². The zero-order valence-electron chi connectivity index (χ0n) is 10.9. The molecule has 0 saturated carbocycles. The van der Waals surface area contributed by atoms with Crippen molar-refractivity contribution in [2.45, 2.75) is 20.4 Å². The van der Waals surface area contributed by atoms with Gasteiger partial charge in [-0.2, -0.15) is 0 Å². The molecule has 0 radical (unpaired) electrons. The highest BCUT2D eigenvalue weighted by molar-refractivity contribution is 5.50. The van der Waals surface area contributed by atoms with Gasteiger partial charge in [0.15, 0.2) is 0 Å². The van der Waals surface area contributed by atoms with Crippen molar-refractivity contribution in [1.82, 2.24) is 0 Å². The van der Waals surface area contributed by atoms with Crippen molar-refractivity contribution in [2.24, 2.45) is 0 Å².